The summed E-state index contributed by atoms with van der Waals surface area (Å²) in [6.45, 7) is -0.455. The fraction of sp³-hybridized carbons (Fsp3) is 0.231. The van der Waals surface area contributed by atoms with Gasteiger partial charge in [-0.3, -0.25) is 4.98 Å². The molecule has 0 bridgehead atoms. The van der Waals surface area contributed by atoms with E-state index < -0.39 is 53.4 Å². The van der Waals surface area contributed by atoms with Crippen molar-refractivity contribution in [3.8, 4) is 5.75 Å². The van der Waals surface area contributed by atoms with Gasteiger partial charge >= 0.3 is 12.4 Å². The fourth-order valence-corrected chi connectivity index (χ4v) is 4.23. The van der Waals surface area contributed by atoms with Crippen LogP contribution in [0.5, 0.6) is 5.75 Å². The standard InChI is InChI=1S/C26H17F8NO3/c27-16-6-4-13(21(28)10-16)12-38-22-7-5-15(25(29,30)31)9-19(22)18-3-1-2-17(18)14-8-20(24(36)37)23(35-11-14)26(32,33)34/h4-11H,1-3,12H2,(H,36,37)/p-1. The molecule has 38 heavy (non-hydrogen) atoms. The molecule has 2 aromatic carbocycles. The third-order valence-corrected chi connectivity index (χ3v) is 5.97. The van der Waals surface area contributed by atoms with Gasteiger partial charge in [0.05, 0.1) is 11.5 Å². The van der Waals surface area contributed by atoms with Crippen LogP contribution in [0.4, 0.5) is 35.1 Å². The topological polar surface area (TPSA) is 62.2 Å². The van der Waals surface area contributed by atoms with Crippen LogP contribution in [0.3, 0.4) is 0 Å². The summed E-state index contributed by atoms with van der Waals surface area (Å²) in [5.74, 6) is -3.96. The highest BCUT2D eigenvalue weighted by Crippen LogP contribution is 2.45. The number of nitrogens with zero attached hydrogens (tertiary/aromatic N) is 1. The number of hydrogen-bond donors (Lipinski definition) is 0. The molecule has 0 N–H and O–H groups in total. The summed E-state index contributed by atoms with van der Waals surface area (Å²) < 4.78 is 113. The van der Waals surface area contributed by atoms with Crippen molar-refractivity contribution in [1.29, 1.82) is 0 Å². The molecule has 0 amide bonds. The maximum Gasteiger partial charge on any atom is 0.433 e. The van der Waals surface area contributed by atoms with Crippen LogP contribution in [0, 0.1) is 11.6 Å². The number of allylic oxidation sites excluding steroid dienone is 2. The van der Waals surface area contributed by atoms with Crippen molar-refractivity contribution in [3.05, 3.63) is 93.8 Å². The average Bonchev–Trinajstić information content (AvgIpc) is 3.31. The molecule has 0 saturated carbocycles. The number of halogens is 8. The Kier molecular flexibility index (Phi) is 7.18. The summed E-state index contributed by atoms with van der Waals surface area (Å²) in [7, 11) is 0. The van der Waals surface area contributed by atoms with E-state index in [0.29, 0.717) is 12.5 Å². The van der Waals surface area contributed by atoms with E-state index in [1.54, 1.807) is 0 Å². The Bertz CT molecular complexity index is 1430. The summed E-state index contributed by atoms with van der Waals surface area (Å²) >= 11 is 0. The molecule has 0 saturated heterocycles. The number of carboxylic acid groups (broad SMARTS) is 1. The van der Waals surface area contributed by atoms with Gasteiger partial charge < -0.3 is 14.6 Å². The van der Waals surface area contributed by atoms with Crippen molar-refractivity contribution in [3.63, 3.8) is 0 Å². The van der Waals surface area contributed by atoms with Gasteiger partial charge in [0.15, 0.2) is 5.69 Å². The second-order valence-electron chi connectivity index (χ2n) is 8.45. The first-order valence-electron chi connectivity index (χ1n) is 11.0. The van der Waals surface area contributed by atoms with Crippen molar-refractivity contribution in [2.75, 3.05) is 0 Å². The molecule has 1 aliphatic carbocycles. The van der Waals surface area contributed by atoms with Gasteiger partial charge in [0, 0.05) is 29.0 Å². The van der Waals surface area contributed by atoms with Crippen LogP contribution in [0.15, 0.2) is 48.7 Å². The second kappa shape index (κ2) is 10.1. The predicted octanol–water partition coefficient (Wildman–Crippen LogP) is 6.43. The first kappa shape index (κ1) is 27.1. The zero-order chi connectivity index (χ0) is 27.8. The Labute approximate surface area is 210 Å². The molecule has 1 aromatic heterocycles. The third-order valence-electron chi connectivity index (χ3n) is 5.97. The molecule has 200 valence electrons. The van der Waals surface area contributed by atoms with Crippen LogP contribution in [0.25, 0.3) is 11.1 Å². The van der Waals surface area contributed by atoms with E-state index in [1.807, 2.05) is 0 Å². The molecular formula is C26H16F8NO3-. The highest BCUT2D eigenvalue weighted by atomic mass is 19.4. The highest BCUT2D eigenvalue weighted by molar-refractivity contribution is 5.96. The number of carboxylic acids is 1. The molecule has 0 fully saturated rings. The minimum absolute atomic E-state index is 0.0300. The number of pyridine rings is 1. The zero-order valence-corrected chi connectivity index (χ0v) is 19.1. The summed E-state index contributed by atoms with van der Waals surface area (Å²) in [5.41, 5.74) is -3.49. The minimum Gasteiger partial charge on any atom is -0.545 e. The smallest absolute Gasteiger partial charge is 0.433 e. The molecule has 0 unspecified atom stereocenters. The van der Waals surface area contributed by atoms with Gasteiger partial charge in [0.25, 0.3) is 0 Å². The summed E-state index contributed by atoms with van der Waals surface area (Å²) in [4.78, 5) is 14.7. The van der Waals surface area contributed by atoms with Crippen LogP contribution in [0.1, 0.15) is 57.6 Å². The fourth-order valence-electron chi connectivity index (χ4n) is 4.23. The number of benzene rings is 2. The lowest BCUT2D eigenvalue weighted by molar-refractivity contribution is -0.255. The zero-order valence-electron chi connectivity index (χ0n) is 19.1. The first-order valence-corrected chi connectivity index (χ1v) is 11.0. The number of aromatic carboxylic acids is 1. The molecule has 4 nitrogen and oxygen atoms in total. The monoisotopic (exact) mass is 542 g/mol. The average molecular weight is 542 g/mol. The number of rotatable bonds is 6. The molecule has 0 aliphatic heterocycles. The molecule has 0 spiro atoms. The van der Waals surface area contributed by atoms with Crippen LogP contribution >= 0.6 is 0 Å². The lowest BCUT2D eigenvalue weighted by Crippen LogP contribution is -2.27. The van der Waals surface area contributed by atoms with Crippen molar-refractivity contribution in [2.24, 2.45) is 0 Å². The summed E-state index contributed by atoms with van der Waals surface area (Å²) in [6.07, 6.45) is -8.21. The summed E-state index contributed by atoms with van der Waals surface area (Å²) in [5, 5.41) is 11.4. The van der Waals surface area contributed by atoms with Crippen molar-refractivity contribution in [2.45, 2.75) is 38.2 Å². The van der Waals surface area contributed by atoms with Crippen LogP contribution < -0.4 is 9.84 Å². The van der Waals surface area contributed by atoms with E-state index in [-0.39, 0.29) is 46.4 Å². The van der Waals surface area contributed by atoms with Gasteiger partial charge in [-0.25, -0.2) is 8.78 Å². The lowest BCUT2D eigenvalue weighted by atomic mass is 9.94. The largest absolute Gasteiger partial charge is 0.545 e. The minimum atomic E-state index is -5.07. The highest BCUT2D eigenvalue weighted by Gasteiger charge is 2.36. The van der Waals surface area contributed by atoms with E-state index in [2.05, 4.69) is 4.98 Å². The maximum absolute atomic E-state index is 14.1. The van der Waals surface area contributed by atoms with Gasteiger partial charge in [0.1, 0.15) is 24.0 Å². The van der Waals surface area contributed by atoms with Crippen LogP contribution in [-0.4, -0.2) is 11.0 Å². The summed E-state index contributed by atoms with van der Waals surface area (Å²) in [6, 6.07) is 6.03. The Morgan fingerprint density at radius 1 is 0.921 bits per heavy atom. The molecule has 0 radical (unpaired) electrons. The maximum atomic E-state index is 14.1. The quantitative estimate of drug-likeness (QED) is 0.337. The molecule has 3 aromatic rings. The Morgan fingerprint density at radius 3 is 2.26 bits per heavy atom. The third kappa shape index (κ3) is 5.63. The Hall–Kier alpha value is -3.96. The first-order chi connectivity index (χ1) is 17.8. The number of alkyl halides is 6. The molecule has 0 atom stereocenters. The lowest BCUT2D eigenvalue weighted by Gasteiger charge is -2.18. The number of ether oxygens (including phenoxy) is 1. The molecular weight excluding hydrogens is 526 g/mol. The van der Waals surface area contributed by atoms with Gasteiger partial charge in [-0.1, -0.05) is 0 Å². The number of aromatic nitrogens is 1. The Balaban J connectivity index is 1.82. The predicted molar refractivity (Wildman–Crippen MR) is 116 cm³/mol. The van der Waals surface area contributed by atoms with Crippen LogP contribution in [0.2, 0.25) is 0 Å². The van der Waals surface area contributed by atoms with Gasteiger partial charge in [-0.05, 0) is 72.4 Å². The van der Waals surface area contributed by atoms with Gasteiger partial charge in [-0.2, -0.15) is 26.3 Å². The van der Waals surface area contributed by atoms with Crippen LogP contribution in [-0.2, 0) is 19.0 Å². The normalized spacial score (nSPS) is 14.2. The van der Waals surface area contributed by atoms with E-state index in [1.165, 1.54) is 0 Å². The van der Waals surface area contributed by atoms with E-state index in [4.69, 9.17) is 4.74 Å². The van der Waals surface area contributed by atoms with Gasteiger partial charge in [-0.15, -0.1) is 0 Å². The molecule has 12 heteroatoms. The van der Waals surface area contributed by atoms with Crippen molar-refractivity contribution >= 4 is 17.1 Å². The SMILES string of the molecule is O=C([O-])c1cc(C2=C(c3cc(C(F)(F)F)ccc3OCc3ccc(F)cc3F)CCC2)cnc1C(F)(F)F. The van der Waals surface area contributed by atoms with E-state index >= 15 is 0 Å². The number of hydrogen-bond acceptors (Lipinski definition) is 4. The van der Waals surface area contributed by atoms with Crippen molar-refractivity contribution < 1.29 is 49.8 Å². The number of carbonyl (C=O) groups is 1. The van der Waals surface area contributed by atoms with E-state index in [9.17, 15) is 45.0 Å². The second-order valence-corrected chi connectivity index (χ2v) is 8.45. The molecule has 1 heterocycles. The molecule has 4 rings (SSSR count). The Morgan fingerprint density at radius 2 is 1.63 bits per heavy atom. The molecule has 1 aliphatic rings. The number of carbonyl (C=O) groups excluding carboxylic acids is 1. The van der Waals surface area contributed by atoms with Gasteiger partial charge in [0.2, 0.25) is 0 Å². The van der Waals surface area contributed by atoms with E-state index in [0.717, 1.165) is 42.6 Å². The van der Waals surface area contributed by atoms with Crippen molar-refractivity contribution in [1.82, 2.24) is 4.98 Å².